The van der Waals surface area contributed by atoms with Gasteiger partial charge in [0.05, 0.1) is 5.75 Å². The molecule has 21 heavy (non-hydrogen) atoms. The van der Waals surface area contributed by atoms with Gasteiger partial charge in [-0.25, -0.2) is 22.8 Å². The molecule has 0 unspecified atom stereocenters. The molecule has 1 aliphatic heterocycles. The molecule has 0 N–H and O–H groups in total. The number of nitrogens with zero attached hydrogens (tertiary/aromatic N) is 3. The van der Waals surface area contributed by atoms with E-state index in [1.54, 1.807) is 12.3 Å². The van der Waals surface area contributed by atoms with Crippen LogP contribution in [0.3, 0.4) is 0 Å². The second-order valence-corrected chi connectivity index (χ2v) is 6.93. The zero-order chi connectivity index (χ0) is 14.9. The van der Waals surface area contributed by atoms with Crippen LogP contribution in [0.5, 0.6) is 0 Å². The lowest BCUT2D eigenvalue weighted by Crippen LogP contribution is -2.37. The Bertz CT molecular complexity index is 764. The Hall–Kier alpha value is -1.86. The summed E-state index contributed by atoms with van der Waals surface area (Å²) in [6.45, 7) is 0.662. The summed E-state index contributed by atoms with van der Waals surface area (Å²) in [7, 11) is -3.48. The number of fused-ring (bicyclic) bond motifs is 1. The van der Waals surface area contributed by atoms with Gasteiger partial charge in [0.25, 0.3) is 0 Å². The summed E-state index contributed by atoms with van der Waals surface area (Å²) in [5.74, 6) is -0.631. The number of aromatic nitrogens is 2. The van der Waals surface area contributed by atoms with E-state index in [0.717, 1.165) is 11.3 Å². The Morgan fingerprint density at radius 2 is 2.19 bits per heavy atom. The molecule has 0 atom stereocenters. The van der Waals surface area contributed by atoms with Gasteiger partial charge in [0.1, 0.15) is 12.1 Å². The molecule has 2 aromatic rings. The summed E-state index contributed by atoms with van der Waals surface area (Å²) in [6, 6.07) is 5.67. The third kappa shape index (κ3) is 3.08. The van der Waals surface area contributed by atoms with E-state index in [1.165, 1.54) is 28.8 Å². The molecule has 0 saturated carbocycles. The fourth-order valence-corrected chi connectivity index (χ4v) is 3.90. The number of benzene rings is 1. The maximum atomic E-state index is 13.2. The van der Waals surface area contributed by atoms with Crippen LogP contribution < -0.4 is 0 Å². The van der Waals surface area contributed by atoms with E-state index in [1.807, 2.05) is 0 Å². The first-order valence-corrected chi connectivity index (χ1v) is 8.15. The molecule has 3 rings (SSSR count). The molecular formula is C14H14FN3O2S. The summed E-state index contributed by atoms with van der Waals surface area (Å²) < 4.78 is 39.4. The van der Waals surface area contributed by atoms with Gasteiger partial charge < -0.3 is 0 Å². The van der Waals surface area contributed by atoms with Gasteiger partial charge in [-0.05, 0) is 17.7 Å². The van der Waals surface area contributed by atoms with Crippen molar-refractivity contribution in [3.8, 4) is 0 Å². The van der Waals surface area contributed by atoms with Crippen LogP contribution in [0.2, 0.25) is 0 Å². The van der Waals surface area contributed by atoms with Gasteiger partial charge in [-0.2, -0.15) is 4.31 Å². The predicted molar refractivity (Wildman–Crippen MR) is 75.2 cm³/mol. The first kappa shape index (κ1) is 14.1. The lowest BCUT2D eigenvalue weighted by Gasteiger charge is -2.27. The summed E-state index contributed by atoms with van der Waals surface area (Å²) >= 11 is 0. The Balaban J connectivity index is 1.80. The number of sulfonamides is 1. The highest BCUT2D eigenvalue weighted by Gasteiger charge is 2.27. The van der Waals surface area contributed by atoms with Crippen molar-refractivity contribution in [1.29, 1.82) is 0 Å². The maximum Gasteiger partial charge on any atom is 0.218 e. The Labute approximate surface area is 122 Å². The third-order valence-electron chi connectivity index (χ3n) is 3.46. The quantitative estimate of drug-likeness (QED) is 0.862. The minimum atomic E-state index is -3.48. The third-order valence-corrected chi connectivity index (χ3v) is 5.25. The molecule has 1 aromatic carbocycles. The van der Waals surface area contributed by atoms with E-state index < -0.39 is 15.8 Å². The highest BCUT2D eigenvalue weighted by molar-refractivity contribution is 7.88. The van der Waals surface area contributed by atoms with Crippen molar-refractivity contribution in [2.45, 2.75) is 18.7 Å². The van der Waals surface area contributed by atoms with Gasteiger partial charge in [0, 0.05) is 37.0 Å². The van der Waals surface area contributed by atoms with Crippen molar-refractivity contribution in [1.82, 2.24) is 14.3 Å². The first-order valence-electron chi connectivity index (χ1n) is 6.54. The van der Waals surface area contributed by atoms with Crippen molar-refractivity contribution in [2.75, 3.05) is 6.54 Å². The zero-order valence-corrected chi connectivity index (χ0v) is 12.1. The van der Waals surface area contributed by atoms with Crippen molar-refractivity contribution >= 4 is 10.0 Å². The highest BCUT2D eigenvalue weighted by Crippen LogP contribution is 2.21. The minimum Gasteiger partial charge on any atom is -0.244 e. The van der Waals surface area contributed by atoms with Gasteiger partial charge in [-0.1, -0.05) is 12.1 Å². The predicted octanol–water partition coefficient (Wildman–Crippen LogP) is 1.50. The number of hydrogen-bond acceptors (Lipinski definition) is 4. The molecule has 1 aromatic heterocycles. The van der Waals surface area contributed by atoms with E-state index in [0.29, 0.717) is 18.5 Å². The number of rotatable bonds is 3. The highest BCUT2D eigenvalue weighted by atomic mass is 32.2. The normalized spacial score (nSPS) is 15.7. The van der Waals surface area contributed by atoms with Gasteiger partial charge in [0.15, 0.2) is 0 Å². The molecule has 1 aliphatic rings. The molecule has 0 spiro atoms. The largest absolute Gasteiger partial charge is 0.244 e. The van der Waals surface area contributed by atoms with Crippen LogP contribution in [0.25, 0.3) is 0 Å². The number of halogens is 1. The van der Waals surface area contributed by atoms with E-state index in [2.05, 4.69) is 9.97 Å². The van der Waals surface area contributed by atoms with Crippen molar-refractivity contribution in [3.63, 3.8) is 0 Å². The molecule has 7 heteroatoms. The van der Waals surface area contributed by atoms with Crippen LogP contribution in [-0.2, 0) is 28.7 Å². The monoisotopic (exact) mass is 307 g/mol. The van der Waals surface area contributed by atoms with Gasteiger partial charge >= 0.3 is 0 Å². The lowest BCUT2D eigenvalue weighted by molar-refractivity contribution is 0.386. The maximum absolute atomic E-state index is 13.2. The van der Waals surface area contributed by atoms with Crippen LogP contribution in [0.15, 0.2) is 36.8 Å². The molecule has 0 amide bonds. The SMILES string of the molecule is O=S(=O)(Cc1cccc(F)c1)N1CCc2ncncc2C1. The summed E-state index contributed by atoms with van der Waals surface area (Å²) in [6.07, 6.45) is 3.68. The Kier molecular flexibility index (Phi) is 3.69. The van der Waals surface area contributed by atoms with Crippen molar-refractivity contribution < 1.29 is 12.8 Å². The molecule has 0 saturated heterocycles. The van der Waals surface area contributed by atoms with E-state index in [4.69, 9.17) is 0 Å². The number of hydrogen-bond donors (Lipinski definition) is 0. The molecule has 0 bridgehead atoms. The van der Waals surface area contributed by atoms with Crippen LogP contribution in [-0.4, -0.2) is 29.2 Å². The first-order chi connectivity index (χ1) is 10.0. The smallest absolute Gasteiger partial charge is 0.218 e. The van der Waals surface area contributed by atoms with Crippen molar-refractivity contribution in [3.05, 3.63) is 59.4 Å². The van der Waals surface area contributed by atoms with Crippen molar-refractivity contribution in [2.24, 2.45) is 0 Å². The second kappa shape index (κ2) is 5.50. The van der Waals surface area contributed by atoms with Crippen LogP contribution in [0.4, 0.5) is 4.39 Å². The molecule has 5 nitrogen and oxygen atoms in total. The van der Waals surface area contributed by atoms with E-state index >= 15 is 0 Å². The fourth-order valence-electron chi connectivity index (χ4n) is 2.41. The van der Waals surface area contributed by atoms with E-state index in [9.17, 15) is 12.8 Å². The molecule has 0 aliphatic carbocycles. The van der Waals surface area contributed by atoms with Gasteiger partial charge in [-0.3, -0.25) is 0 Å². The van der Waals surface area contributed by atoms with Crippen LogP contribution >= 0.6 is 0 Å². The molecule has 110 valence electrons. The summed E-state index contributed by atoms with van der Waals surface area (Å²) in [5.41, 5.74) is 2.17. The molecular weight excluding hydrogens is 293 g/mol. The minimum absolute atomic E-state index is 0.201. The summed E-state index contributed by atoms with van der Waals surface area (Å²) in [4.78, 5) is 8.08. The lowest BCUT2D eigenvalue weighted by atomic mass is 10.1. The molecule has 2 heterocycles. The Morgan fingerprint density at radius 1 is 1.33 bits per heavy atom. The average molecular weight is 307 g/mol. The standard InChI is InChI=1S/C14H14FN3O2S/c15-13-3-1-2-11(6-13)9-21(19,20)18-5-4-14-12(8-18)7-16-10-17-14/h1-3,6-7,10H,4-5,8-9H2. The average Bonchev–Trinajstić information content (AvgIpc) is 2.46. The van der Waals surface area contributed by atoms with Gasteiger partial charge in [0.2, 0.25) is 10.0 Å². The Morgan fingerprint density at radius 3 is 3.00 bits per heavy atom. The van der Waals surface area contributed by atoms with Gasteiger partial charge in [-0.15, -0.1) is 0 Å². The molecule has 0 radical (unpaired) electrons. The van der Waals surface area contributed by atoms with Crippen LogP contribution in [0, 0.1) is 5.82 Å². The van der Waals surface area contributed by atoms with Crippen LogP contribution in [0.1, 0.15) is 16.8 Å². The van der Waals surface area contributed by atoms with E-state index in [-0.39, 0.29) is 12.3 Å². The topological polar surface area (TPSA) is 63.2 Å². The fraction of sp³-hybridized carbons (Fsp3) is 0.286. The zero-order valence-electron chi connectivity index (χ0n) is 11.2. The second-order valence-electron chi connectivity index (χ2n) is 4.96. The summed E-state index contributed by atoms with van der Waals surface area (Å²) in [5, 5.41) is 0. The molecule has 0 fully saturated rings.